The SMILES string of the molecule is C[n+]1ccc[c]c1-c1cnc2c(C(C#N)C#N)c3ccccc3c(C(C#N)C#N)c2n1. The molecule has 0 saturated carbocycles. The number of aryl methyl sites for hydroxylation is 1. The number of nitriles is 4. The van der Waals surface area contributed by atoms with Gasteiger partial charge < -0.3 is 0 Å². The first-order valence-electron chi connectivity index (χ1n) is 9.31. The highest BCUT2D eigenvalue weighted by Crippen LogP contribution is 2.38. The zero-order valence-electron chi connectivity index (χ0n) is 16.4. The minimum Gasteiger partial charge on any atom is -0.252 e. The Morgan fingerprint density at radius 2 is 1.45 bits per heavy atom. The predicted molar refractivity (Wildman–Crippen MR) is 110 cm³/mol. The fourth-order valence-electron chi connectivity index (χ4n) is 3.73. The second-order valence-electron chi connectivity index (χ2n) is 6.82. The predicted octanol–water partition coefficient (Wildman–Crippen LogP) is 3.34. The van der Waals surface area contributed by atoms with Crippen molar-refractivity contribution in [3.63, 3.8) is 0 Å². The molecule has 0 spiro atoms. The van der Waals surface area contributed by atoms with E-state index in [0.29, 0.717) is 44.3 Å². The van der Waals surface area contributed by atoms with Gasteiger partial charge in [-0.3, -0.25) is 4.98 Å². The third kappa shape index (κ3) is 3.08. The number of pyridine rings is 1. The second-order valence-corrected chi connectivity index (χ2v) is 6.82. The molecule has 0 unspecified atom stereocenters. The lowest BCUT2D eigenvalue weighted by Gasteiger charge is -2.16. The summed E-state index contributed by atoms with van der Waals surface area (Å²) in [7, 11) is 1.85. The first kappa shape index (κ1) is 19.5. The Balaban J connectivity index is 2.23. The van der Waals surface area contributed by atoms with E-state index in [9.17, 15) is 21.0 Å². The number of hydrogen-bond acceptors (Lipinski definition) is 6. The molecule has 0 N–H and O–H groups in total. The number of fused-ring (bicyclic) bond motifs is 2. The molecular formula is C24H13N7+. The van der Waals surface area contributed by atoms with Gasteiger partial charge in [0.15, 0.2) is 23.7 Å². The number of benzene rings is 2. The van der Waals surface area contributed by atoms with Crippen molar-refractivity contribution in [1.82, 2.24) is 9.97 Å². The molecule has 0 saturated heterocycles. The molecule has 0 fully saturated rings. The highest BCUT2D eigenvalue weighted by molar-refractivity contribution is 6.05. The fourth-order valence-corrected chi connectivity index (χ4v) is 3.73. The van der Waals surface area contributed by atoms with Crippen molar-refractivity contribution in [2.75, 3.05) is 0 Å². The molecular weight excluding hydrogens is 386 g/mol. The molecule has 4 rings (SSSR count). The summed E-state index contributed by atoms with van der Waals surface area (Å²) >= 11 is 0. The average molecular weight is 399 g/mol. The van der Waals surface area contributed by atoms with Gasteiger partial charge in [0.1, 0.15) is 7.05 Å². The summed E-state index contributed by atoms with van der Waals surface area (Å²) in [5, 5.41) is 39.7. The molecule has 0 aliphatic rings. The number of nitrogens with zero attached hydrogens (tertiary/aromatic N) is 7. The van der Waals surface area contributed by atoms with Crippen LogP contribution in [-0.4, -0.2) is 9.97 Å². The third-order valence-electron chi connectivity index (χ3n) is 5.11. The van der Waals surface area contributed by atoms with Crippen LogP contribution in [0.5, 0.6) is 0 Å². The van der Waals surface area contributed by atoms with E-state index in [-0.39, 0.29) is 0 Å². The lowest BCUT2D eigenvalue weighted by Crippen LogP contribution is -2.30. The van der Waals surface area contributed by atoms with Gasteiger partial charge >= 0.3 is 0 Å². The topological polar surface area (TPSA) is 125 Å². The Kier molecular flexibility index (Phi) is 4.95. The summed E-state index contributed by atoms with van der Waals surface area (Å²) < 4.78 is 1.83. The molecule has 1 radical (unpaired) electrons. The molecule has 7 heteroatoms. The van der Waals surface area contributed by atoms with Crippen LogP contribution in [0.15, 0.2) is 48.8 Å². The zero-order chi connectivity index (χ0) is 22.0. The summed E-state index contributed by atoms with van der Waals surface area (Å²) in [6.07, 6.45) is 3.40. The Bertz CT molecular complexity index is 1480. The highest BCUT2D eigenvalue weighted by Gasteiger charge is 2.27. The minimum atomic E-state index is -1.10. The van der Waals surface area contributed by atoms with E-state index >= 15 is 0 Å². The molecule has 2 aromatic heterocycles. The smallest absolute Gasteiger partial charge is 0.240 e. The first-order chi connectivity index (χ1) is 15.1. The lowest BCUT2D eigenvalue weighted by molar-refractivity contribution is -0.660. The Morgan fingerprint density at radius 1 is 0.871 bits per heavy atom. The van der Waals surface area contributed by atoms with Crippen molar-refractivity contribution >= 4 is 21.8 Å². The molecule has 7 nitrogen and oxygen atoms in total. The molecule has 4 aromatic rings. The van der Waals surface area contributed by atoms with Crippen LogP contribution in [-0.2, 0) is 7.05 Å². The molecule has 143 valence electrons. The van der Waals surface area contributed by atoms with Crippen LogP contribution in [0.25, 0.3) is 33.2 Å². The van der Waals surface area contributed by atoms with Gasteiger partial charge in [-0.15, -0.1) is 0 Å². The van der Waals surface area contributed by atoms with E-state index in [1.54, 1.807) is 36.5 Å². The Morgan fingerprint density at radius 3 is 2.00 bits per heavy atom. The van der Waals surface area contributed by atoms with Crippen LogP contribution >= 0.6 is 0 Å². The van der Waals surface area contributed by atoms with Crippen LogP contribution in [0.1, 0.15) is 23.0 Å². The maximum atomic E-state index is 9.66. The molecule has 0 aliphatic carbocycles. The van der Waals surface area contributed by atoms with Gasteiger partial charge in [0, 0.05) is 17.2 Å². The van der Waals surface area contributed by atoms with E-state index in [0.717, 1.165) is 0 Å². The van der Waals surface area contributed by atoms with Crippen molar-refractivity contribution < 1.29 is 4.57 Å². The summed E-state index contributed by atoms with van der Waals surface area (Å²) in [5.41, 5.74) is 2.67. The Hall–Kier alpha value is -4.85. The number of aromatic nitrogens is 3. The normalized spacial score (nSPS) is 10.5. The molecule has 0 aliphatic heterocycles. The van der Waals surface area contributed by atoms with E-state index in [1.165, 1.54) is 0 Å². The van der Waals surface area contributed by atoms with Gasteiger partial charge in [-0.1, -0.05) is 24.3 Å². The van der Waals surface area contributed by atoms with Crippen molar-refractivity contribution in [3.8, 4) is 35.7 Å². The maximum Gasteiger partial charge on any atom is 0.240 e. The maximum absolute atomic E-state index is 9.66. The molecule has 2 heterocycles. The number of rotatable bonds is 3. The first-order valence-corrected chi connectivity index (χ1v) is 9.31. The summed E-state index contributed by atoms with van der Waals surface area (Å²) in [6, 6.07) is 21.9. The fraction of sp³-hybridized carbons (Fsp3) is 0.125. The van der Waals surface area contributed by atoms with E-state index in [1.807, 2.05) is 48.2 Å². The van der Waals surface area contributed by atoms with Crippen LogP contribution < -0.4 is 4.57 Å². The van der Waals surface area contributed by atoms with Gasteiger partial charge in [-0.25, -0.2) is 4.98 Å². The summed E-state index contributed by atoms with van der Waals surface area (Å²) in [4.78, 5) is 9.31. The van der Waals surface area contributed by atoms with Gasteiger partial charge in [0.05, 0.1) is 47.6 Å². The number of hydrogen-bond donors (Lipinski definition) is 0. The van der Waals surface area contributed by atoms with Crippen LogP contribution in [0, 0.1) is 51.4 Å². The quantitative estimate of drug-likeness (QED) is 0.384. The lowest BCUT2D eigenvalue weighted by atomic mass is 9.86. The molecule has 0 atom stereocenters. The van der Waals surface area contributed by atoms with E-state index in [2.05, 4.69) is 11.1 Å². The van der Waals surface area contributed by atoms with Crippen LogP contribution in [0.2, 0.25) is 0 Å². The van der Waals surface area contributed by atoms with Crippen LogP contribution in [0.4, 0.5) is 0 Å². The van der Waals surface area contributed by atoms with Crippen molar-refractivity contribution in [2.24, 2.45) is 7.05 Å². The molecule has 31 heavy (non-hydrogen) atoms. The van der Waals surface area contributed by atoms with Gasteiger partial charge in [0.2, 0.25) is 5.69 Å². The summed E-state index contributed by atoms with van der Waals surface area (Å²) in [6.45, 7) is 0. The zero-order valence-corrected chi connectivity index (χ0v) is 16.4. The van der Waals surface area contributed by atoms with Gasteiger partial charge in [-0.2, -0.15) is 25.6 Å². The van der Waals surface area contributed by atoms with E-state index in [4.69, 9.17) is 4.98 Å². The average Bonchev–Trinajstić information content (AvgIpc) is 2.81. The van der Waals surface area contributed by atoms with Gasteiger partial charge in [-0.05, 0) is 16.8 Å². The Labute approximate surface area is 178 Å². The third-order valence-corrected chi connectivity index (χ3v) is 5.11. The van der Waals surface area contributed by atoms with Crippen molar-refractivity contribution in [2.45, 2.75) is 11.8 Å². The summed E-state index contributed by atoms with van der Waals surface area (Å²) in [5.74, 6) is -2.18. The highest BCUT2D eigenvalue weighted by atomic mass is 14.9. The van der Waals surface area contributed by atoms with Crippen LogP contribution in [0.3, 0.4) is 0 Å². The van der Waals surface area contributed by atoms with Crippen molar-refractivity contribution in [1.29, 1.82) is 21.0 Å². The minimum absolute atomic E-state index is 0.326. The van der Waals surface area contributed by atoms with Gasteiger partial charge in [0.25, 0.3) is 0 Å². The van der Waals surface area contributed by atoms with E-state index < -0.39 is 11.8 Å². The monoisotopic (exact) mass is 399 g/mol. The van der Waals surface area contributed by atoms with Crippen molar-refractivity contribution in [3.05, 3.63) is 66.0 Å². The molecule has 0 bridgehead atoms. The second kappa shape index (κ2) is 7.88. The molecule has 2 aromatic carbocycles. The molecule has 0 amide bonds. The largest absolute Gasteiger partial charge is 0.252 e. The standard InChI is InChI=1S/C24H13N7/c1-31-9-5-4-8-20(31)19-14-29-23-21(15(10-25)11-26)17-6-2-3-7-18(17)22(24(23)30-19)16(12-27)13-28/h2-7,9,14-16H,1H3/q+1.